The van der Waals surface area contributed by atoms with Crippen LogP contribution in [0.2, 0.25) is 0 Å². The summed E-state index contributed by atoms with van der Waals surface area (Å²) in [6.45, 7) is -0.566. The van der Waals surface area contributed by atoms with Gasteiger partial charge in [-0.25, -0.2) is 0 Å². The lowest BCUT2D eigenvalue weighted by Crippen LogP contribution is -2.38. The number of hydrogen-bond acceptors (Lipinski definition) is 7. The third-order valence-corrected chi connectivity index (χ3v) is 4.47. The topological polar surface area (TPSA) is 89.5 Å². The number of anilines is 1. The molecule has 0 N–H and O–H groups in total. The van der Waals surface area contributed by atoms with Crippen molar-refractivity contribution in [1.82, 2.24) is 0 Å². The highest BCUT2D eigenvalue weighted by atomic mass is 19.4. The van der Waals surface area contributed by atoms with Gasteiger partial charge in [0.05, 0.1) is 11.1 Å². The minimum Gasteiger partial charge on any atom is -0.530 e. The summed E-state index contributed by atoms with van der Waals surface area (Å²) >= 11 is 0. The van der Waals surface area contributed by atoms with Crippen LogP contribution in [0.3, 0.4) is 0 Å². The van der Waals surface area contributed by atoms with E-state index in [0.717, 1.165) is 11.0 Å². The molecule has 2 aromatic rings. The second kappa shape index (κ2) is 11.0. The molecule has 0 aliphatic rings. The van der Waals surface area contributed by atoms with Crippen molar-refractivity contribution in [3.63, 3.8) is 0 Å². The molecular weight excluding hydrogens is 435 g/mol. The Balaban J connectivity index is 2.40. The number of halogens is 3. The number of methoxy groups -OCH3 is 3. The predicted molar refractivity (Wildman–Crippen MR) is 105 cm³/mol. The zero-order valence-corrected chi connectivity index (χ0v) is 17.9. The molecule has 0 saturated carbocycles. The summed E-state index contributed by atoms with van der Waals surface area (Å²) in [6, 6.07) is 8.17. The van der Waals surface area contributed by atoms with E-state index in [1.807, 2.05) is 0 Å². The minimum atomic E-state index is -4.69. The lowest BCUT2D eigenvalue weighted by Gasteiger charge is -2.24. The van der Waals surface area contributed by atoms with Crippen molar-refractivity contribution in [2.45, 2.75) is 19.1 Å². The largest absolute Gasteiger partial charge is 0.530 e. The Morgan fingerprint density at radius 3 is 2.16 bits per heavy atom. The van der Waals surface area contributed by atoms with Gasteiger partial charge in [0, 0.05) is 39.6 Å². The number of benzene rings is 2. The monoisotopic (exact) mass is 458 g/mol. The van der Waals surface area contributed by atoms with Gasteiger partial charge in [-0.3, -0.25) is 0 Å². The van der Waals surface area contributed by atoms with Crippen LogP contribution in [0.4, 0.5) is 23.7 Å². The van der Waals surface area contributed by atoms with Gasteiger partial charge >= 0.3 is 6.18 Å². The molecular formula is C21H23F3NO7-. The first kappa shape index (κ1) is 25.2. The van der Waals surface area contributed by atoms with Gasteiger partial charge < -0.3 is 38.5 Å². The van der Waals surface area contributed by atoms with Gasteiger partial charge in [0.1, 0.15) is 24.2 Å². The zero-order valence-electron chi connectivity index (χ0n) is 17.9. The van der Waals surface area contributed by atoms with Crippen LogP contribution in [-0.4, -0.2) is 41.3 Å². The Bertz CT molecular complexity index is 900. The Hall–Kier alpha value is -3.02. The fraction of sp³-hybridized carbons (Fsp3) is 0.381. The molecule has 0 saturated heterocycles. The molecule has 32 heavy (non-hydrogen) atoms. The average Bonchev–Trinajstić information content (AvgIpc) is 2.76. The van der Waals surface area contributed by atoms with E-state index in [2.05, 4.69) is 0 Å². The number of ether oxygens (including phenoxy) is 5. The van der Waals surface area contributed by atoms with Gasteiger partial charge in [-0.2, -0.15) is 13.2 Å². The summed E-state index contributed by atoms with van der Waals surface area (Å²) in [7, 11) is 5.18. The molecule has 0 spiro atoms. The highest BCUT2D eigenvalue weighted by molar-refractivity contribution is 5.83. The maximum atomic E-state index is 13.6. The van der Waals surface area contributed by atoms with Crippen LogP contribution in [0.15, 0.2) is 36.4 Å². The van der Waals surface area contributed by atoms with E-state index in [-0.39, 0.29) is 12.2 Å². The maximum absolute atomic E-state index is 13.6. The van der Waals surface area contributed by atoms with Crippen LogP contribution in [0.5, 0.6) is 11.5 Å². The molecule has 0 aromatic heterocycles. The van der Waals surface area contributed by atoms with Crippen molar-refractivity contribution in [3.05, 3.63) is 53.1 Å². The van der Waals surface area contributed by atoms with E-state index in [4.69, 9.17) is 23.7 Å². The second-order valence-electron chi connectivity index (χ2n) is 6.47. The quantitative estimate of drug-likeness (QED) is 0.505. The van der Waals surface area contributed by atoms with E-state index < -0.39 is 36.7 Å². The number of hydrogen-bond donors (Lipinski definition) is 0. The standard InChI is InChI=1S/C21H24F3NO7/c1-25(20(26)27)14-6-8-15(9-7-14)31-11-13-5-10-16(21(22,23)24)18(32-12-28-2)17(13)19(29-3)30-4/h5-10,19H,11-12H2,1-4H3,(H,26,27)/p-1. The molecule has 8 nitrogen and oxygen atoms in total. The van der Waals surface area contributed by atoms with E-state index in [1.54, 1.807) is 0 Å². The molecule has 0 unspecified atom stereocenters. The van der Waals surface area contributed by atoms with E-state index in [1.165, 1.54) is 58.7 Å². The summed E-state index contributed by atoms with van der Waals surface area (Å²) in [4.78, 5) is 11.8. The molecule has 0 aliphatic carbocycles. The molecule has 0 bridgehead atoms. The van der Waals surface area contributed by atoms with Crippen LogP contribution >= 0.6 is 0 Å². The summed E-state index contributed by atoms with van der Waals surface area (Å²) in [5.74, 6) is -0.128. The van der Waals surface area contributed by atoms with Gasteiger partial charge in [0.15, 0.2) is 13.1 Å². The first-order valence-electron chi connectivity index (χ1n) is 9.21. The normalized spacial score (nSPS) is 11.5. The Kier molecular flexibility index (Phi) is 8.70. The number of carbonyl (C=O) groups excluding carboxylic acids is 1. The van der Waals surface area contributed by atoms with Crippen molar-refractivity contribution < 1.29 is 46.8 Å². The Morgan fingerprint density at radius 2 is 1.66 bits per heavy atom. The van der Waals surface area contributed by atoms with Crippen molar-refractivity contribution in [3.8, 4) is 11.5 Å². The second-order valence-corrected chi connectivity index (χ2v) is 6.47. The number of nitrogens with zero attached hydrogens (tertiary/aromatic N) is 1. The third kappa shape index (κ3) is 6.02. The predicted octanol–water partition coefficient (Wildman–Crippen LogP) is 3.34. The molecule has 0 radical (unpaired) electrons. The van der Waals surface area contributed by atoms with E-state index in [9.17, 15) is 23.1 Å². The van der Waals surface area contributed by atoms with Crippen LogP contribution in [0, 0.1) is 0 Å². The number of carbonyl (C=O) groups is 1. The molecule has 0 heterocycles. The fourth-order valence-electron chi connectivity index (χ4n) is 2.89. The van der Waals surface area contributed by atoms with Crippen molar-refractivity contribution in [1.29, 1.82) is 0 Å². The highest BCUT2D eigenvalue weighted by Crippen LogP contribution is 2.43. The van der Waals surface area contributed by atoms with Gasteiger partial charge in [0.2, 0.25) is 0 Å². The average molecular weight is 458 g/mol. The van der Waals surface area contributed by atoms with Crippen molar-refractivity contribution in [2.24, 2.45) is 0 Å². The number of amides is 1. The van der Waals surface area contributed by atoms with Crippen LogP contribution in [-0.2, 0) is 27.0 Å². The molecule has 0 aliphatic heterocycles. The van der Waals surface area contributed by atoms with Crippen LogP contribution < -0.4 is 19.5 Å². The van der Waals surface area contributed by atoms with Crippen LogP contribution in [0.1, 0.15) is 23.0 Å². The summed E-state index contributed by atoms with van der Waals surface area (Å²) in [5.41, 5.74) is -0.312. The van der Waals surface area contributed by atoms with Gasteiger partial charge in [-0.1, -0.05) is 6.07 Å². The van der Waals surface area contributed by atoms with E-state index >= 15 is 0 Å². The summed E-state index contributed by atoms with van der Waals surface area (Å²) in [5, 5.41) is 10.9. The highest BCUT2D eigenvalue weighted by Gasteiger charge is 2.38. The molecule has 0 atom stereocenters. The Morgan fingerprint density at radius 1 is 1.03 bits per heavy atom. The van der Waals surface area contributed by atoms with Crippen molar-refractivity contribution >= 4 is 11.8 Å². The molecule has 2 rings (SSSR count). The maximum Gasteiger partial charge on any atom is 0.419 e. The molecule has 2 aromatic carbocycles. The van der Waals surface area contributed by atoms with Gasteiger partial charge in [-0.05, 0) is 30.3 Å². The Labute approximate surface area is 183 Å². The fourth-order valence-corrected chi connectivity index (χ4v) is 2.89. The van der Waals surface area contributed by atoms with Crippen molar-refractivity contribution in [2.75, 3.05) is 40.1 Å². The van der Waals surface area contributed by atoms with Gasteiger partial charge in [-0.15, -0.1) is 0 Å². The molecule has 0 fully saturated rings. The number of rotatable bonds is 10. The molecule has 176 valence electrons. The minimum absolute atomic E-state index is 0.00943. The smallest absolute Gasteiger partial charge is 0.419 e. The third-order valence-electron chi connectivity index (χ3n) is 4.47. The van der Waals surface area contributed by atoms with Gasteiger partial charge in [0.25, 0.3) is 0 Å². The lowest BCUT2D eigenvalue weighted by atomic mass is 10.0. The van der Waals surface area contributed by atoms with Crippen LogP contribution in [0.25, 0.3) is 0 Å². The zero-order chi connectivity index (χ0) is 23.9. The first-order valence-corrected chi connectivity index (χ1v) is 9.21. The molecule has 1 amide bonds. The number of carboxylic acid groups (broad SMARTS) is 1. The van der Waals surface area contributed by atoms with E-state index in [0.29, 0.717) is 17.0 Å². The number of alkyl halides is 3. The SMILES string of the molecule is COCOc1c(C(F)(F)F)ccc(COc2ccc(N(C)C(=O)[O-])cc2)c1C(OC)OC. The summed E-state index contributed by atoms with van der Waals surface area (Å²) < 4.78 is 66.9. The lowest BCUT2D eigenvalue weighted by molar-refractivity contribution is -0.246. The first-order chi connectivity index (χ1) is 15.1. The summed E-state index contributed by atoms with van der Waals surface area (Å²) in [6.07, 6.45) is -7.23. The molecule has 11 heteroatoms.